The Morgan fingerprint density at radius 3 is 2.71 bits per heavy atom. The van der Waals surface area contributed by atoms with Crippen LogP contribution < -0.4 is 5.32 Å². The Kier molecular flexibility index (Phi) is 4.74. The van der Waals surface area contributed by atoms with E-state index in [1.54, 1.807) is 33.8 Å². The molecule has 0 bridgehead atoms. The molecule has 2 aromatic rings. The van der Waals surface area contributed by atoms with Crippen molar-refractivity contribution in [2.45, 2.75) is 32.9 Å². The average Bonchev–Trinajstić information content (AvgIpc) is 3.09. The van der Waals surface area contributed by atoms with Crippen LogP contribution in [-0.4, -0.2) is 27.8 Å². The summed E-state index contributed by atoms with van der Waals surface area (Å²) in [4.78, 5) is 23.8. The number of carbonyl (C=O) groups excluding carboxylic acids is 2. The number of carbonyl (C=O) groups is 2. The van der Waals surface area contributed by atoms with Crippen LogP contribution in [0.15, 0.2) is 29.1 Å². The number of anilines is 1. The van der Waals surface area contributed by atoms with E-state index in [0.717, 1.165) is 0 Å². The summed E-state index contributed by atoms with van der Waals surface area (Å²) in [6, 6.07) is 3.48. The molecule has 6 nitrogen and oxygen atoms in total. The Morgan fingerprint density at radius 2 is 2.10 bits per heavy atom. The number of nitrogens with zero attached hydrogens (tertiary/aromatic N) is 2. The van der Waals surface area contributed by atoms with E-state index in [4.69, 9.17) is 4.74 Å². The van der Waals surface area contributed by atoms with Gasteiger partial charge in [0.25, 0.3) is 5.91 Å². The molecule has 0 fully saturated rings. The second-order valence-corrected chi connectivity index (χ2v) is 5.58. The summed E-state index contributed by atoms with van der Waals surface area (Å²) in [5.41, 5.74) is 0.451. The molecule has 0 aromatic carbocycles. The van der Waals surface area contributed by atoms with Gasteiger partial charge in [-0.2, -0.15) is 16.4 Å². The molecule has 1 atom stereocenters. The quantitative estimate of drug-likeness (QED) is 0.862. The van der Waals surface area contributed by atoms with Crippen LogP contribution in [0.3, 0.4) is 0 Å². The molecule has 0 aliphatic heterocycles. The predicted molar refractivity (Wildman–Crippen MR) is 80.4 cm³/mol. The zero-order valence-electron chi connectivity index (χ0n) is 12.1. The summed E-state index contributed by atoms with van der Waals surface area (Å²) in [6.45, 7) is 5.46. The van der Waals surface area contributed by atoms with Crippen molar-refractivity contribution < 1.29 is 14.3 Å². The molecule has 7 heteroatoms. The number of aromatic nitrogens is 2. The van der Waals surface area contributed by atoms with Gasteiger partial charge in [0.05, 0.1) is 11.8 Å². The number of hydrogen-bond donors (Lipinski definition) is 1. The largest absolute Gasteiger partial charge is 0.449 e. The Labute approximate surface area is 126 Å². The van der Waals surface area contributed by atoms with E-state index < -0.39 is 12.1 Å². The van der Waals surface area contributed by atoms with Crippen LogP contribution in [0.25, 0.3) is 0 Å². The van der Waals surface area contributed by atoms with Gasteiger partial charge in [0, 0.05) is 17.5 Å². The van der Waals surface area contributed by atoms with Crippen LogP contribution in [0, 0.1) is 0 Å². The van der Waals surface area contributed by atoms with Crippen molar-refractivity contribution in [3.63, 3.8) is 0 Å². The molecule has 0 unspecified atom stereocenters. The van der Waals surface area contributed by atoms with Crippen molar-refractivity contribution in [3.05, 3.63) is 34.7 Å². The first-order valence-electron chi connectivity index (χ1n) is 6.56. The molecule has 0 aliphatic carbocycles. The second kappa shape index (κ2) is 6.53. The summed E-state index contributed by atoms with van der Waals surface area (Å²) in [7, 11) is 0. The first kappa shape index (κ1) is 15.2. The topological polar surface area (TPSA) is 73.2 Å². The van der Waals surface area contributed by atoms with E-state index >= 15 is 0 Å². The van der Waals surface area contributed by atoms with Crippen LogP contribution in [0.5, 0.6) is 0 Å². The summed E-state index contributed by atoms with van der Waals surface area (Å²) in [5, 5.41) is 10.3. The first-order valence-corrected chi connectivity index (χ1v) is 7.51. The lowest BCUT2D eigenvalue weighted by Crippen LogP contribution is -2.30. The van der Waals surface area contributed by atoms with Gasteiger partial charge >= 0.3 is 5.97 Å². The fourth-order valence-corrected chi connectivity index (χ4v) is 2.34. The molecule has 1 amide bonds. The highest BCUT2D eigenvalue weighted by atomic mass is 32.1. The molecule has 2 rings (SSSR count). The molecule has 0 radical (unpaired) electrons. The van der Waals surface area contributed by atoms with Crippen molar-refractivity contribution >= 4 is 29.0 Å². The summed E-state index contributed by atoms with van der Waals surface area (Å²) >= 11 is 1.40. The third-order valence-corrected chi connectivity index (χ3v) is 3.50. The number of rotatable bonds is 5. The highest BCUT2D eigenvalue weighted by molar-refractivity contribution is 7.08. The molecule has 0 aliphatic rings. The average molecular weight is 307 g/mol. The fraction of sp³-hybridized carbons (Fsp3) is 0.357. The van der Waals surface area contributed by atoms with Gasteiger partial charge < -0.3 is 10.1 Å². The number of ether oxygens (including phenoxy) is 1. The Bertz CT molecular complexity index is 619. The zero-order valence-corrected chi connectivity index (χ0v) is 12.9. The van der Waals surface area contributed by atoms with Gasteiger partial charge in [-0.05, 0) is 32.2 Å². The van der Waals surface area contributed by atoms with Crippen LogP contribution in [0.1, 0.15) is 37.2 Å². The minimum atomic E-state index is -0.882. The fourth-order valence-electron chi connectivity index (χ4n) is 1.72. The van der Waals surface area contributed by atoms with Crippen LogP contribution in [0.2, 0.25) is 0 Å². The number of amides is 1. The molecule has 1 N–H and O–H groups in total. The monoisotopic (exact) mass is 307 g/mol. The highest BCUT2D eigenvalue weighted by Gasteiger charge is 2.20. The molecule has 0 saturated heterocycles. The van der Waals surface area contributed by atoms with Crippen LogP contribution in [0.4, 0.5) is 5.82 Å². The maximum Gasteiger partial charge on any atom is 0.339 e. The van der Waals surface area contributed by atoms with E-state index in [1.807, 2.05) is 13.8 Å². The smallest absolute Gasteiger partial charge is 0.339 e. The third kappa shape index (κ3) is 3.69. The predicted octanol–water partition coefficient (Wildman–Crippen LogP) is 2.71. The zero-order chi connectivity index (χ0) is 15.4. The van der Waals surface area contributed by atoms with Crippen molar-refractivity contribution in [1.29, 1.82) is 0 Å². The van der Waals surface area contributed by atoms with Gasteiger partial charge in [-0.25, -0.2) is 9.48 Å². The molecular formula is C14H17N3O3S. The van der Waals surface area contributed by atoms with E-state index in [0.29, 0.717) is 11.4 Å². The Hall–Kier alpha value is -2.15. The van der Waals surface area contributed by atoms with Crippen molar-refractivity contribution in [2.75, 3.05) is 5.32 Å². The second-order valence-electron chi connectivity index (χ2n) is 4.80. The number of thiophene rings is 1. The third-order valence-electron chi connectivity index (χ3n) is 2.82. The van der Waals surface area contributed by atoms with Crippen molar-refractivity contribution in [3.8, 4) is 0 Å². The van der Waals surface area contributed by atoms with E-state index in [1.165, 1.54) is 18.3 Å². The standard InChI is InChI=1S/C14H17N3O3S/c1-9(2)17-12(4-6-15-17)16-13(18)10(3)20-14(19)11-5-7-21-8-11/h4-10H,1-3H3,(H,16,18)/t10-/m1/s1. The Balaban J connectivity index is 1.96. The lowest BCUT2D eigenvalue weighted by molar-refractivity contribution is -0.123. The number of nitrogens with one attached hydrogen (secondary N) is 1. The lowest BCUT2D eigenvalue weighted by atomic mass is 10.3. The molecule has 2 aromatic heterocycles. The molecule has 2 heterocycles. The van der Waals surface area contributed by atoms with Gasteiger partial charge in [0.1, 0.15) is 5.82 Å². The van der Waals surface area contributed by atoms with Gasteiger partial charge in [0.2, 0.25) is 0 Å². The molecule has 0 saturated carbocycles. The SMILES string of the molecule is CC(C)n1nccc1NC(=O)[C@@H](C)OC(=O)c1ccsc1. The maximum absolute atomic E-state index is 12.1. The lowest BCUT2D eigenvalue weighted by Gasteiger charge is -2.15. The van der Waals surface area contributed by atoms with Crippen LogP contribution >= 0.6 is 11.3 Å². The summed E-state index contributed by atoms with van der Waals surface area (Å²) in [6.07, 6.45) is 0.727. The van der Waals surface area contributed by atoms with E-state index in [-0.39, 0.29) is 11.9 Å². The minimum absolute atomic E-state index is 0.124. The number of hydrogen-bond acceptors (Lipinski definition) is 5. The molecular weight excluding hydrogens is 290 g/mol. The first-order chi connectivity index (χ1) is 9.99. The molecule has 112 valence electrons. The normalized spacial score (nSPS) is 12.2. The van der Waals surface area contributed by atoms with Gasteiger partial charge in [-0.3, -0.25) is 4.79 Å². The van der Waals surface area contributed by atoms with Crippen LogP contribution in [-0.2, 0) is 9.53 Å². The van der Waals surface area contributed by atoms with Gasteiger partial charge in [-0.1, -0.05) is 0 Å². The van der Waals surface area contributed by atoms with Gasteiger partial charge in [0.15, 0.2) is 6.10 Å². The summed E-state index contributed by atoms with van der Waals surface area (Å²) in [5.74, 6) is -0.314. The number of esters is 1. The minimum Gasteiger partial charge on any atom is -0.449 e. The highest BCUT2D eigenvalue weighted by Crippen LogP contribution is 2.14. The van der Waals surface area contributed by atoms with Gasteiger partial charge in [-0.15, -0.1) is 0 Å². The van der Waals surface area contributed by atoms with E-state index in [2.05, 4.69) is 10.4 Å². The molecule has 0 spiro atoms. The maximum atomic E-state index is 12.1. The molecule has 21 heavy (non-hydrogen) atoms. The van der Waals surface area contributed by atoms with Crippen molar-refractivity contribution in [1.82, 2.24) is 9.78 Å². The Morgan fingerprint density at radius 1 is 1.33 bits per heavy atom. The van der Waals surface area contributed by atoms with Crippen molar-refractivity contribution in [2.24, 2.45) is 0 Å². The van der Waals surface area contributed by atoms with E-state index in [9.17, 15) is 9.59 Å². The summed E-state index contributed by atoms with van der Waals surface area (Å²) < 4.78 is 6.82.